The highest BCUT2D eigenvalue weighted by Gasteiger charge is 2.05. The molecule has 1 aromatic carbocycles. The van der Waals surface area contributed by atoms with Crippen LogP contribution in [0.2, 0.25) is 0 Å². The van der Waals surface area contributed by atoms with E-state index in [1.807, 2.05) is 18.4 Å². The number of nitrogen functional groups attached to an aromatic ring is 1. The number of thioether (sulfide) groups is 1. The van der Waals surface area contributed by atoms with Gasteiger partial charge in [-0.05, 0) is 53.5 Å². The van der Waals surface area contributed by atoms with E-state index in [4.69, 9.17) is 5.73 Å². The maximum Gasteiger partial charge on any atom is 0.191 e. The summed E-state index contributed by atoms with van der Waals surface area (Å²) in [4.78, 5) is 8.50. The first kappa shape index (κ1) is 13.4. The average molecular weight is 372 g/mol. The van der Waals surface area contributed by atoms with Crippen molar-refractivity contribution in [3.63, 3.8) is 0 Å². The topological polar surface area (TPSA) is 63.8 Å². The smallest absolute Gasteiger partial charge is 0.191 e. The maximum absolute atomic E-state index is 5.75. The summed E-state index contributed by atoms with van der Waals surface area (Å²) >= 11 is 3.78. The number of hydrogen-bond donors (Lipinski definition) is 2. The van der Waals surface area contributed by atoms with Crippen molar-refractivity contribution in [2.75, 3.05) is 17.3 Å². The number of nitrogens with one attached hydrogen (secondary N) is 1. The molecule has 0 saturated heterocycles. The molecular weight excluding hydrogens is 359 g/mol. The van der Waals surface area contributed by atoms with Crippen LogP contribution in [0.1, 0.15) is 5.56 Å². The monoisotopic (exact) mass is 372 g/mol. The number of nitrogens with zero attached hydrogens (tertiary/aromatic N) is 2. The lowest BCUT2D eigenvalue weighted by atomic mass is 10.2. The van der Waals surface area contributed by atoms with E-state index >= 15 is 0 Å². The Morgan fingerprint density at radius 3 is 2.83 bits per heavy atom. The minimum atomic E-state index is 0.472. The quantitative estimate of drug-likeness (QED) is 0.491. The van der Waals surface area contributed by atoms with Crippen LogP contribution in [0, 0.1) is 10.5 Å². The predicted molar refractivity (Wildman–Crippen MR) is 85.4 cm³/mol. The second-order valence-corrected chi connectivity index (χ2v) is 5.64. The van der Waals surface area contributed by atoms with Crippen molar-refractivity contribution < 1.29 is 0 Å². The van der Waals surface area contributed by atoms with Crippen LogP contribution < -0.4 is 11.1 Å². The SMILES string of the molecule is CSc1nc(N)cc(Nc2cccc(I)c2C)n1. The Kier molecular flexibility index (Phi) is 4.28. The lowest BCUT2D eigenvalue weighted by molar-refractivity contribution is 0.984. The molecule has 2 rings (SSSR count). The molecule has 0 aliphatic heterocycles. The molecule has 3 N–H and O–H groups in total. The summed E-state index contributed by atoms with van der Waals surface area (Å²) in [5.41, 5.74) is 7.98. The third-order valence-electron chi connectivity index (χ3n) is 2.44. The second-order valence-electron chi connectivity index (χ2n) is 3.70. The first-order valence-corrected chi connectivity index (χ1v) is 7.61. The Hall–Kier alpha value is -1.02. The molecule has 0 radical (unpaired) electrons. The standard InChI is InChI=1S/C12H13IN4S/c1-7-8(13)4-3-5-9(7)15-11-6-10(14)16-12(17-11)18-2/h3-6H,1-2H3,(H3,14,15,16,17). The Bertz CT molecular complexity index is 574. The highest BCUT2D eigenvalue weighted by Crippen LogP contribution is 2.24. The van der Waals surface area contributed by atoms with Crippen LogP contribution in [0.3, 0.4) is 0 Å². The van der Waals surface area contributed by atoms with Crippen LogP contribution >= 0.6 is 34.4 Å². The Morgan fingerprint density at radius 2 is 2.11 bits per heavy atom. The van der Waals surface area contributed by atoms with E-state index in [1.54, 1.807) is 6.07 Å². The molecule has 0 unspecified atom stereocenters. The van der Waals surface area contributed by atoms with Crippen LogP contribution in [0.25, 0.3) is 0 Å². The number of hydrogen-bond acceptors (Lipinski definition) is 5. The Labute approximate surface area is 124 Å². The summed E-state index contributed by atoms with van der Waals surface area (Å²) in [6.45, 7) is 2.07. The molecule has 18 heavy (non-hydrogen) atoms. The number of rotatable bonds is 3. The normalized spacial score (nSPS) is 10.4. The van der Waals surface area contributed by atoms with Gasteiger partial charge in [0, 0.05) is 15.3 Å². The van der Waals surface area contributed by atoms with Crippen molar-refractivity contribution in [3.05, 3.63) is 33.4 Å². The molecule has 6 heteroatoms. The first-order chi connectivity index (χ1) is 8.60. The predicted octanol–water partition coefficient (Wildman–Crippen LogP) is 3.44. The summed E-state index contributed by atoms with van der Waals surface area (Å²) in [6.07, 6.45) is 1.93. The molecule has 0 saturated carbocycles. The van der Waals surface area contributed by atoms with Gasteiger partial charge in [0.2, 0.25) is 0 Å². The first-order valence-electron chi connectivity index (χ1n) is 5.31. The summed E-state index contributed by atoms with van der Waals surface area (Å²) in [5.74, 6) is 1.19. The number of anilines is 3. The van der Waals surface area contributed by atoms with E-state index in [1.165, 1.54) is 20.9 Å². The van der Waals surface area contributed by atoms with Crippen LogP contribution in [0.5, 0.6) is 0 Å². The lowest BCUT2D eigenvalue weighted by Gasteiger charge is -2.11. The summed E-state index contributed by atoms with van der Waals surface area (Å²) < 4.78 is 1.21. The molecule has 0 bridgehead atoms. The number of halogens is 1. The zero-order valence-corrected chi connectivity index (χ0v) is 13.0. The summed E-state index contributed by atoms with van der Waals surface area (Å²) in [5, 5.41) is 3.95. The van der Waals surface area contributed by atoms with Crippen molar-refractivity contribution in [3.8, 4) is 0 Å². The van der Waals surface area contributed by atoms with Crippen LogP contribution in [0.4, 0.5) is 17.3 Å². The van der Waals surface area contributed by atoms with Crippen molar-refractivity contribution >= 4 is 51.7 Å². The fraction of sp³-hybridized carbons (Fsp3) is 0.167. The van der Waals surface area contributed by atoms with Crippen molar-refractivity contribution in [1.29, 1.82) is 0 Å². The molecule has 1 aromatic heterocycles. The van der Waals surface area contributed by atoms with Crippen molar-refractivity contribution in [2.24, 2.45) is 0 Å². The van der Waals surface area contributed by atoms with Gasteiger partial charge in [-0.2, -0.15) is 0 Å². The highest BCUT2D eigenvalue weighted by atomic mass is 127. The summed E-state index contributed by atoms with van der Waals surface area (Å²) in [6, 6.07) is 7.84. The number of benzene rings is 1. The largest absolute Gasteiger partial charge is 0.383 e. The highest BCUT2D eigenvalue weighted by molar-refractivity contribution is 14.1. The fourth-order valence-corrected chi connectivity index (χ4v) is 2.36. The van der Waals surface area contributed by atoms with Gasteiger partial charge in [0.05, 0.1) is 0 Å². The van der Waals surface area contributed by atoms with E-state index in [9.17, 15) is 0 Å². The van der Waals surface area contributed by atoms with Gasteiger partial charge < -0.3 is 11.1 Å². The van der Waals surface area contributed by atoms with Gasteiger partial charge in [-0.3, -0.25) is 0 Å². The molecule has 0 aliphatic carbocycles. The molecule has 0 fully saturated rings. The van der Waals surface area contributed by atoms with E-state index in [2.05, 4.69) is 50.9 Å². The van der Waals surface area contributed by atoms with Crippen molar-refractivity contribution in [2.45, 2.75) is 12.1 Å². The third-order valence-corrected chi connectivity index (χ3v) is 4.15. The molecule has 0 spiro atoms. The van der Waals surface area contributed by atoms with Gasteiger partial charge in [-0.1, -0.05) is 17.8 Å². The minimum Gasteiger partial charge on any atom is -0.383 e. The zero-order valence-electron chi connectivity index (χ0n) is 10.1. The van der Waals surface area contributed by atoms with Gasteiger partial charge >= 0.3 is 0 Å². The second kappa shape index (κ2) is 5.75. The minimum absolute atomic E-state index is 0.472. The van der Waals surface area contributed by atoms with E-state index < -0.39 is 0 Å². The van der Waals surface area contributed by atoms with Gasteiger partial charge in [0.15, 0.2) is 5.16 Å². The molecule has 4 nitrogen and oxygen atoms in total. The average Bonchev–Trinajstić information content (AvgIpc) is 2.34. The molecule has 1 heterocycles. The maximum atomic E-state index is 5.75. The van der Waals surface area contributed by atoms with Crippen LogP contribution in [-0.2, 0) is 0 Å². The zero-order chi connectivity index (χ0) is 13.1. The molecular formula is C12H13IN4S. The van der Waals surface area contributed by atoms with E-state index in [0.29, 0.717) is 11.0 Å². The van der Waals surface area contributed by atoms with Gasteiger partial charge in [0.25, 0.3) is 0 Å². The molecule has 0 amide bonds. The van der Waals surface area contributed by atoms with E-state index in [-0.39, 0.29) is 0 Å². The molecule has 0 atom stereocenters. The van der Waals surface area contributed by atoms with Crippen LogP contribution in [0.15, 0.2) is 29.4 Å². The lowest BCUT2D eigenvalue weighted by Crippen LogP contribution is -2.01. The summed E-state index contributed by atoms with van der Waals surface area (Å²) in [7, 11) is 0. The third kappa shape index (κ3) is 3.05. The van der Waals surface area contributed by atoms with E-state index in [0.717, 1.165) is 11.5 Å². The Morgan fingerprint density at radius 1 is 1.33 bits per heavy atom. The van der Waals surface area contributed by atoms with Crippen LogP contribution in [-0.4, -0.2) is 16.2 Å². The van der Waals surface area contributed by atoms with Gasteiger partial charge in [-0.15, -0.1) is 0 Å². The van der Waals surface area contributed by atoms with Gasteiger partial charge in [0.1, 0.15) is 11.6 Å². The molecule has 94 valence electrons. The Balaban J connectivity index is 2.34. The fourth-order valence-electron chi connectivity index (χ4n) is 1.48. The number of aromatic nitrogens is 2. The molecule has 0 aliphatic rings. The van der Waals surface area contributed by atoms with Gasteiger partial charge in [-0.25, -0.2) is 9.97 Å². The molecule has 2 aromatic rings. The van der Waals surface area contributed by atoms with Crippen molar-refractivity contribution in [1.82, 2.24) is 9.97 Å². The number of nitrogens with two attached hydrogens (primary N) is 1.